The first-order chi connectivity index (χ1) is 14.3. The van der Waals surface area contributed by atoms with E-state index in [4.69, 9.17) is 10.3 Å². The van der Waals surface area contributed by atoms with Gasteiger partial charge in [-0.05, 0) is 31.5 Å². The van der Waals surface area contributed by atoms with E-state index >= 15 is 0 Å². The Morgan fingerprint density at radius 3 is 2.60 bits per heavy atom. The van der Waals surface area contributed by atoms with Crippen LogP contribution in [-0.4, -0.2) is 27.9 Å². The van der Waals surface area contributed by atoms with Crippen LogP contribution in [0.4, 0.5) is 4.79 Å². The first-order valence-electron chi connectivity index (χ1n) is 9.35. The van der Waals surface area contributed by atoms with Crippen molar-refractivity contribution in [3.63, 3.8) is 0 Å². The highest BCUT2D eigenvalue weighted by Gasteiger charge is 2.49. The zero-order valence-corrected chi connectivity index (χ0v) is 16.5. The largest absolute Gasteiger partial charge is 0.366 e. The number of urea groups is 1. The summed E-state index contributed by atoms with van der Waals surface area (Å²) in [5, 5.41) is 6.74. The molecule has 0 saturated carbocycles. The third-order valence-electron chi connectivity index (χ3n) is 5.22. The molecule has 0 aliphatic carbocycles. The minimum Gasteiger partial charge on any atom is -0.366 e. The van der Waals surface area contributed by atoms with E-state index in [2.05, 4.69) is 10.5 Å². The Balaban J connectivity index is 1.57. The fourth-order valence-electron chi connectivity index (χ4n) is 3.42. The molecule has 8 heteroatoms. The standard InChI is InChI=1S/C22H20N4O4/c1-13-6-8-14(9-7-13)18-11-17(30-25-18)12-26-20(28)22(2,24-21(26)29)16-5-3-4-15(10-16)19(23)27/h3-11H,12H2,1-2H3,(H2,23,27)(H,24,29). The Morgan fingerprint density at radius 1 is 1.17 bits per heavy atom. The summed E-state index contributed by atoms with van der Waals surface area (Å²) in [5.41, 5.74) is 7.36. The number of aromatic nitrogens is 1. The van der Waals surface area contributed by atoms with Gasteiger partial charge in [-0.25, -0.2) is 4.79 Å². The first-order valence-corrected chi connectivity index (χ1v) is 9.35. The summed E-state index contributed by atoms with van der Waals surface area (Å²) in [7, 11) is 0. The molecule has 4 amide bonds. The topological polar surface area (TPSA) is 119 Å². The van der Waals surface area contributed by atoms with Crippen molar-refractivity contribution in [3.8, 4) is 11.3 Å². The summed E-state index contributed by atoms with van der Waals surface area (Å²) < 4.78 is 5.35. The van der Waals surface area contributed by atoms with E-state index < -0.39 is 23.4 Å². The van der Waals surface area contributed by atoms with Crippen molar-refractivity contribution in [1.29, 1.82) is 0 Å². The lowest BCUT2D eigenvalue weighted by Gasteiger charge is -2.22. The fourth-order valence-corrected chi connectivity index (χ4v) is 3.42. The number of nitrogens with zero attached hydrogens (tertiary/aromatic N) is 2. The molecule has 0 spiro atoms. The van der Waals surface area contributed by atoms with E-state index in [-0.39, 0.29) is 12.1 Å². The van der Waals surface area contributed by atoms with Crippen LogP contribution in [0.3, 0.4) is 0 Å². The second kappa shape index (κ2) is 7.14. The van der Waals surface area contributed by atoms with Crippen LogP contribution in [0, 0.1) is 6.92 Å². The average Bonchev–Trinajstić information content (AvgIpc) is 3.28. The summed E-state index contributed by atoms with van der Waals surface area (Å²) in [6, 6.07) is 15.3. The number of benzene rings is 2. The van der Waals surface area contributed by atoms with Gasteiger partial charge in [0.1, 0.15) is 11.2 Å². The second-order valence-corrected chi connectivity index (χ2v) is 7.44. The number of nitrogens with two attached hydrogens (primary N) is 1. The maximum Gasteiger partial charge on any atom is 0.325 e. The van der Waals surface area contributed by atoms with E-state index in [1.54, 1.807) is 31.2 Å². The van der Waals surface area contributed by atoms with Gasteiger partial charge in [-0.15, -0.1) is 0 Å². The smallest absolute Gasteiger partial charge is 0.325 e. The van der Waals surface area contributed by atoms with E-state index in [0.29, 0.717) is 17.0 Å². The Kier molecular flexibility index (Phi) is 4.62. The monoisotopic (exact) mass is 404 g/mol. The minimum absolute atomic E-state index is 0.0609. The van der Waals surface area contributed by atoms with Crippen molar-refractivity contribution >= 4 is 17.8 Å². The van der Waals surface area contributed by atoms with Crippen LogP contribution in [0.15, 0.2) is 59.1 Å². The van der Waals surface area contributed by atoms with E-state index in [9.17, 15) is 14.4 Å². The number of amides is 4. The predicted molar refractivity (Wildman–Crippen MR) is 108 cm³/mol. The third kappa shape index (κ3) is 3.32. The minimum atomic E-state index is -1.32. The first kappa shape index (κ1) is 19.4. The molecule has 8 nitrogen and oxygen atoms in total. The lowest BCUT2D eigenvalue weighted by Crippen LogP contribution is -2.41. The van der Waals surface area contributed by atoms with Gasteiger partial charge in [-0.1, -0.05) is 47.1 Å². The van der Waals surface area contributed by atoms with Gasteiger partial charge in [0.2, 0.25) is 5.91 Å². The number of carbonyl (C=O) groups excluding carboxylic acids is 3. The number of nitrogens with one attached hydrogen (secondary N) is 1. The van der Waals surface area contributed by atoms with Gasteiger partial charge in [-0.2, -0.15) is 0 Å². The van der Waals surface area contributed by atoms with Gasteiger partial charge in [0, 0.05) is 17.2 Å². The molecular formula is C22H20N4O4. The number of primary amides is 1. The lowest BCUT2D eigenvalue weighted by molar-refractivity contribution is -0.131. The third-order valence-corrected chi connectivity index (χ3v) is 5.22. The number of imide groups is 1. The van der Waals surface area contributed by atoms with Gasteiger partial charge in [0.05, 0.1) is 6.54 Å². The molecular weight excluding hydrogens is 384 g/mol. The molecule has 2 heterocycles. The van der Waals surface area contributed by atoms with Gasteiger partial charge in [0.15, 0.2) is 5.76 Å². The molecule has 30 heavy (non-hydrogen) atoms. The van der Waals surface area contributed by atoms with Crippen LogP contribution in [0.25, 0.3) is 11.3 Å². The van der Waals surface area contributed by atoms with Crippen LogP contribution in [-0.2, 0) is 16.9 Å². The molecule has 1 fully saturated rings. The molecule has 1 aliphatic rings. The van der Waals surface area contributed by atoms with Gasteiger partial charge >= 0.3 is 6.03 Å². The second-order valence-electron chi connectivity index (χ2n) is 7.44. The summed E-state index contributed by atoms with van der Waals surface area (Å²) in [6.45, 7) is 3.52. The number of carbonyl (C=O) groups is 3. The molecule has 1 unspecified atom stereocenters. The molecule has 1 aromatic heterocycles. The molecule has 1 saturated heterocycles. The van der Waals surface area contributed by atoms with E-state index in [1.807, 2.05) is 31.2 Å². The van der Waals surface area contributed by atoms with Crippen LogP contribution in [0.2, 0.25) is 0 Å². The molecule has 2 aromatic carbocycles. The molecule has 0 bridgehead atoms. The maximum atomic E-state index is 13.1. The SMILES string of the molecule is Cc1ccc(-c2cc(CN3C(=O)NC(C)(c4cccc(C(N)=O)c4)C3=O)on2)cc1. The summed E-state index contributed by atoms with van der Waals surface area (Å²) in [4.78, 5) is 38.2. The molecule has 1 atom stereocenters. The van der Waals surface area contributed by atoms with Crippen molar-refractivity contribution < 1.29 is 18.9 Å². The highest BCUT2D eigenvalue weighted by atomic mass is 16.5. The quantitative estimate of drug-likeness (QED) is 0.634. The summed E-state index contributed by atoms with van der Waals surface area (Å²) in [5.74, 6) is -0.689. The van der Waals surface area contributed by atoms with Crippen molar-refractivity contribution in [1.82, 2.24) is 15.4 Å². The average molecular weight is 404 g/mol. The molecule has 152 valence electrons. The van der Waals surface area contributed by atoms with Gasteiger partial charge in [-0.3, -0.25) is 14.5 Å². The molecule has 4 rings (SSSR count). The Bertz CT molecular complexity index is 1150. The normalized spacial score (nSPS) is 18.5. The highest BCUT2D eigenvalue weighted by molar-refractivity contribution is 6.07. The number of aryl methyl sites for hydroxylation is 1. The van der Waals surface area contributed by atoms with E-state index in [1.165, 1.54) is 6.07 Å². The number of rotatable bonds is 5. The van der Waals surface area contributed by atoms with Gasteiger partial charge in [0.25, 0.3) is 5.91 Å². The number of hydrogen-bond donors (Lipinski definition) is 2. The Labute approximate surface area is 172 Å². The zero-order valence-electron chi connectivity index (χ0n) is 16.5. The van der Waals surface area contributed by atoms with Crippen molar-refractivity contribution in [2.75, 3.05) is 0 Å². The summed E-state index contributed by atoms with van der Waals surface area (Å²) in [6.07, 6.45) is 0. The van der Waals surface area contributed by atoms with Crippen LogP contribution in [0.1, 0.15) is 34.2 Å². The van der Waals surface area contributed by atoms with E-state index in [0.717, 1.165) is 16.0 Å². The van der Waals surface area contributed by atoms with Crippen LogP contribution in [0.5, 0.6) is 0 Å². The Morgan fingerprint density at radius 2 is 1.90 bits per heavy atom. The number of hydrogen-bond acceptors (Lipinski definition) is 5. The molecule has 3 N–H and O–H groups in total. The molecule has 3 aromatic rings. The van der Waals surface area contributed by atoms with Crippen LogP contribution < -0.4 is 11.1 Å². The predicted octanol–water partition coefficient (Wildman–Crippen LogP) is 2.72. The fraction of sp³-hybridized carbons (Fsp3) is 0.182. The van der Waals surface area contributed by atoms with Crippen molar-refractivity contribution in [2.24, 2.45) is 5.73 Å². The maximum absolute atomic E-state index is 13.1. The van der Waals surface area contributed by atoms with Crippen LogP contribution >= 0.6 is 0 Å². The molecule has 1 aliphatic heterocycles. The Hall–Kier alpha value is -3.94. The molecule has 0 radical (unpaired) electrons. The zero-order chi connectivity index (χ0) is 21.5. The van der Waals surface area contributed by atoms with Gasteiger partial charge < -0.3 is 15.6 Å². The lowest BCUT2D eigenvalue weighted by atomic mass is 9.90. The van der Waals surface area contributed by atoms with Crippen molar-refractivity contribution in [2.45, 2.75) is 25.9 Å². The van der Waals surface area contributed by atoms with Crippen molar-refractivity contribution in [3.05, 3.63) is 77.0 Å². The summed E-state index contributed by atoms with van der Waals surface area (Å²) >= 11 is 0. The highest BCUT2D eigenvalue weighted by Crippen LogP contribution is 2.31.